The summed E-state index contributed by atoms with van der Waals surface area (Å²) in [7, 11) is -1.60. The van der Waals surface area contributed by atoms with Crippen molar-refractivity contribution in [2.24, 2.45) is 0 Å². The second kappa shape index (κ2) is 6.90. The van der Waals surface area contributed by atoms with Crippen LogP contribution in [0.25, 0.3) is 0 Å². The van der Waals surface area contributed by atoms with Crippen molar-refractivity contribution in [3.05, 3.63) is 95.3 Å². The quantitative estimate of drug-likeness (QED) is 0.746. The van der Waals surface area contributed by atoms with Crippen LogP contribution in [0.2, 0.25) is 0 Å². The third-order valence-electron chi connectivity index (χ3n) is 4.24. The Morgan fingerprint density at radius 2 is 1.60 bits per heavy atom. The molecule has 4 heteroatoms. The summed E-state index contributed by atoms with van der Waals surface area (Å²) in [4.78, 5) is 0.846. The van der Waals surface area contributed by atoms with E-state index in [1.807, 2.05) is 37.3 Å². The van der Waals surface area contributed by atoms with Crippen molar-refractivity contribution >= 4 is 10.8 Å². The Morgan fingerprint density at radius 1 is 0.960 bits per heavy atom. The summed E-state index contributed by atoms with van der Waals surface area (Å²) < 4.78 is 26.9. The van der Waals surface area contributed by atoms with Gasteiger partial charge in [-0.1, -0.05) is 54.1 Å². The van der Waals surface area contributed by atoms with Crippen LogP contribution >= 0.6 is 0 Å². The predicted molar refractivity (Wildman–Crippen MR) is 97.4 cm³/mol. The van der Waals surface area contributed by atoms with Crippen molar-refractivity contribution < 1.29 is 13.7 Å². The van der Waals surface area contributed by atoms with E-state index in [9.17, 15) is 13.7 Å². The molecule has 1 unspecified atom stereocenters. The van der Waals surface area contributed by atoms with E-state index >= 15 is 0 Å². The number of benzene rings is 3. The minimum absolute atomic E-state index is 0.276. The zero-order valence-corrected chi connectivity index (χ0v) is 14.9. The van der Waals surface area contributed by atoms with E-state index < -0.39 is 22.2 Å². The topological polar surface area (TPSA) is 37.3 Å². The van der Waals surface area contributed by atoms with Gasteiger partial charge < -0.3 is 5.11 Å². The fourth-order valence-electron chi connectivity index (χ4n) is 2.76. The highest BCUT2D eigenvalue weighted by Gasteiger charge is 2.30. The van der Waals surface area contributed by atoms with E-state index in [-0.39, 0.29) is 4.90 Å². The monoisotopic (exact) mass is 354 g/mol. The van der Waals surface area contributed by atoms with E-state index in [2.05, 4.69) is 0 Å². The highest BCUT2D eigenvalue weighted by Crippen LogP contribution is 2.34. The molecule has 3 aromatic rings. The number of aliphatic hydroxyl groups is 1. The minimum atomic E-state index is -1.60. The molecule has 0 fully saturated rings. The first-order chi connectivity index (χ1) is 11.9. The zero-order chi connectivity index (χ0) is 18.0. The van der Waals surface area contributed by atoms with Crippen LogP contribution in [0.1, 0.15) is 23.6 Å². The van der Waals surface area contributed by atoms with Gasteiger partial charge >= 0.3 is 0 Å². The summed E-state index contributed by atoms with van der Waals surface area (Å²) in [6.07, 6.45) is 0. The molecule has 3 aromatic carbocycles. The van der Waals surface area contributed by atoms with Crippen LogP contribution in [0, 0.1) is 12.7 Å². The summed E-state index contributed by atoms with van der Waals surface area (Å²) in [5.74, 6) is -0.483. The van der Waals surface area contributed by atoms with Crippen molar-refractivity contribution in [2.45, 2.75) is 29.2 Å². The fourth-order valence-corrected chi connectivity index (χ4v) is 4.08. The lowest BCUT2D eigenvalue weighted by atomic mass is 9.88. The van der Waals surface area contributed by atoms with Crippen LogP contribution in [-0.2, 0) is 16.4 Å². The van der Waals surface area contributed by atoms with Crippen molar-refractivity contribution in [2.75, 3.05) is 0 Å². The van der Waals surface area contributed by atoms with E-state index in [1.165, 1.54) is 18.2 Å². The molecule has 0 aliphatic carbocycles. The molecule has 0 amide bonds. The summed E-state index contributed by atoms with van der Waals surface area (Å²) in [6.45, 7) is 3.58. The van der Waals surface area contributed by atoms with Crippen molar-refractivity contribution in [3.8, 4) is 0 Å². The second-order valence-corrected chi connectivity index (χ2v) is 7.61. The molecule has 2 atom stereocenters. The van der Waals surface area contributed by atoms with Gasteiger partial charge in [0.05, 0.1) is 15.7 Å². The first-order valence-electron chi connectivity index (χ1n) is 7.96. The Morgan fingerprint density at radius 3 is 2.24 bits per heavy atom. The van der Waals surface area contributed by atoms with E-state index in [4.69, 9.17) is 0 Å². The highest BCUT2D eigenvalue weighted by molar-refractivity contribution is 7.85. The normalized spacial score (nSPS) is 14.7. The van der Waals surface area contributed by atoms with Crippen LogP contribution in [0.4, 0.5) is 4.39 Å². The molecule has 0 heterocycles. The molecule has 3 rings (SSSR count). The van der Waals surface area contributed by atoms with Crippen molar-refractivity contribution in [3.63, 3.8) is 0 Å². The lowest BCUT2D eigenvalue weighted by Crippen LogP contribution is -2.25. The zero-order valence-electron chi connectivity index (χ0n) is 14.1. The first kappa shape index (κ1) is 17.5. The number of halogens is 1. The maximum absolute atomic E-state index is 13.9. The smallest absolute Gasteiger partial charge is 0.124 e. The average molecular weight is 354 g/mol. The molecule has 0 saturated heterocycles. The fraction of sp³-hybridized carbons (Fsp3) is 0.143. The van der Waals surface area contributed by atoms with Gasteiger partial charge in [0.15, 0.2) is 0 Å². The van der Waals surface area contributed by atoms with Gasteiger partial charge in [-0.25, -0.2) is 8.60 Å². The SMILES string of the molecule is Cc1ccc(S(=O)c2cc(F)ccc2[C@](C)(O)c2ccccc2)cc1. The van der Waals surface area contributed by atoms with E-state index in [1.54, 1.807) is 31.2 Å². The van der Waals surface area contributed by atoms with Crippen molar-refractivity contribution in [1.82, 2.24) is 0 Å². The Bertz CT molecular complexity index is 903. The van der Waals surface area contributed by atoms with Gasteiger partial charge in [0.2, 0.25) is 0 Å². The van der Waals surface area contributed by atoms with Crippen LogP contribution < -0.4 is 0 Å². The number of rotatable bonds is 4. The van der Waals surface area contributed by atoms with Gasteiger partial charge in [0, 0.05) is 10.5 Å². The lowest BCUT2D eigenvalue weighted by molar-refractivity contribution is 0.0991. The number of hydrogen-bond acceptors (Lipinski definition) is 2. The molecule has 128 valence electrons. The third kappa shape index (κ3) is 3.55. The molecule has 0 spiro atoms. The maximum atomic E-state index is 13.9. The van der Waals surface area contributed by atoms with Gasteiger partial charge in [-0.15, -0.1) is 0 Å². The molecule has 0 aliphatic rings. The van der Waals surface area contributed by atoms with Crippen LogP contribution in [0.15, 0.2) is 82.6 Å². The van der Waals surface area contributed by atoms with Crippen LogP contribution in [-0.4, -0.2) is 9.32 Å². The predicted octanol–water partition coefficient (Wildman–Crippen LogP) is 4.56. The molecule has 0 aliphatic heterocycles. The largest absolute Gasteiger partial charge is 0.381 e. The Hall–Kier alpha value is -2.30. The Labute approximate surface area is 149 Å². The maximum Gasteiger partial charge on any atom is 0.124 e. The first-order valence-corrected chi connectivity index (χ1v) is 9.11. The summed E-state index contributed by atoms with van der Waals surface area (Å²) in [5, 5.41) is 11.1. The molecule has 0 aromatic heterocycles. The third-order valence-corrected chi connectivity index (χ3v) is 5.68. The van der Waals surface area contributed by atoms with Crippen LogP contribution in [0.5, 0.6) is 0 Å². The molecular weight excluding hydrogens is 335 g/mol. The van der Waals surface area contributed by atoms with Crippen molar-refractivity contribution in [1.29, 1.82) is 0 Å². The second-order valence-electron chi connectivity index (χ2n) is 6.16. The van der Waals surface area contributed by atoms with Gasteiger partial charge in [-0.2, -0.15) is 0 Å². The van der Waals surface area contributed by atoms with Gasteiger partial charge in [-0.05, 0) is 43.7 Å². The molecule has 2 nitrogen and oxygen atoms in total. The van der Waals surface area contributed by atoms with Gasteiger partial charge in [-0.3, -0.25) is 0 Å². The molecule has 25 heavy (non-hydrogen) atoms. The number of hydrogen-bond donors (Lipinski definition) is 1. The number of aryl methyl sites for hydroxylation is 1. The summed E-state index contributed by atoms with van der Waals surface area (Å²) >= 11 is 0. The molecule has 0 radical (unpaired) electrons. The summed E-state index contributed by atoms with van der Waals surface area (Å²) in [6, 6.07) is 20.4. The average Bonchev–Trinajstić information content (AvgIpc) is 2.62. The Balaban J connectivity index is 2.13. The Kier molecular flexibility index (Phi) is 4.84. The van der Waals surface area contributed by atoms with Crippen LogP contribution in [0.3, 0.4) is 0 Å². The van der Waals surface area contributed by atoms with E-state index in [0.717, 1.165) is 5.56 Å². The highest BCUT2D eigenvalue weighted by atomic mass is 32.2. The minimum Gasteiger partial charge on any atom is -0.381 e. The molecular formula is C21H19FO2S. The summed E-state index contributed by atoms with van der Waals surface area (Å²) in [5.41, 5.74) is 0.754. The lowest BCUT2D eigenvalue weighted by Gasteiger charge is -2.27. The van der Waals surface area contributed by atoms with E-state index in [0.29, 0.717) is 16.0 Å². The molecule has 1 N–H and O–H groups in total. The molecule has 0 bridgehead atoms. The van der Waals surface area contributed by atoms with Gasteiger partial charge in [0.1, 0.15) is 11.4 Å². The molecule has 0 saturated carbocycles. The standard InChI is InChI=1S/C21H19FO2S/c1-15-8-11-18(12-9-15)25(24)20-14-17(22)10-13-19(20)21(2,23)16-6-4-3-5-7-16/h3-14,23H,1-2H3/t21-,25?/m1/s1. The van der Waals surface area contributed by atoms with Gasteiger partial charge in [0.25, 0.3) is 0 Å².